The first-order valence-electron chi connectivity index (χ1n) is 4.38. The van der Waals surface area contributed by atoms with Crippen LogP contribution in [0.1, 0.15) is 12.8 Å². The highest BCUT2D eigenvalue weighted by atomic mass is 31.8. The highest BCUT2D eigenvalue weighted by Crippen LogP contribution is 2.44. The van der Waals surface area contributed by atoms with E-state index in [2.05, 4.69) is 19.8 Å². The molecule has 0 radical (unpaired) electrons. The van der Waals surface area contributed by atoms with Gasteiger partial charge in [0.1, 0.15) is 6.04 Å². The summed E-state index contributed by atoms with van der Waals surface area (Å²) in [6.45, 7) is 0.635. The molecule has 15 heavy (non-hydrogen) atoms. The molecule has 4 N–H and O–H groups in total. The Morgan fingerprint density at radius 2 is 2.27 bits per heavy atom. The van der Waals surface area contributed by atoms with Crippen LogP contribution in [0.25, 0.3) is 0 Å². The van der Waals surface area contributed by atoms with Crippen molar-refractivity contribution in [3.8, 4) is 0 Å². The molecule has 0 aromatic carbocycles. The molecule has 0 bridgehead atoms. The predicted molar refractivity (Wildman–Crippen MR) is 64.9 cm³/mol. The molecule has 6 nitrogen and oxygen atoms in total. The van der Waals surface area contributed by atoms with E-state index in [0.717, 1.165) is 22.5 Å². The quantitative estimate of drug-likeness (QED) is 0.250. The van der Waals surface area contributed by atoms with Gasteiger partial charge in [0.2, 0.25) is 5.96 Å². The summed E-state index contributed by atoms with van der Waals surface area (Å²) in [6.07, 6.45) is 1.27. The molecule has 1 rings (SSSR count). The molecule has 0 fully saturated rings. The zero-order valence-corrected chi connectivity index (χ0v) is 10.9. The molecule has 1 heterocycles. The van der Waals surface area contributed by atoms with Crippen LogP contribution >= 0.6 is 25.4 Å². The van der Waals surface area contributed by atoms with Crippen LogP contribution in [0.4, 0.5) is 0 Å². The highest BCUT2D eigenvalue weighted by molar-refractivity contribution is 7.97. The number of carboxylic acids is 1. The Bertz CT molecular complexity index is 280. The summed E-state index contributed by atoms with van der Waals surface area (Å²) in [6, 6.07) is -0.525. The number of carboxylic acid groups (broad SMARTS) is 1. The Balaban J connectivity index is 2.04. The smallest absolute Gasteiger partial charge is 0.320 e. The van der Waals surface area contributed by atoms with Crippen molar-refractivity contribution >= 4 is 37.4 Å². The molecule has 1 aliphatic heterocycles. The summed E-state index contributed by atoms with van der Waals surface area (Å²) in [7, 11) is 4.49. The van der Waals surface area contributed by atoms with Gasteiger partial charge in [-0.1, -0.05) is 9.39 Å². The first kappa shape index (κ1) is 12.8. The van der Waals surface area contributed by atoms with Crippen LogP contribution in [0, 0.1) is 5.41 Å². The van der Waals surface area contributed by atoms with Crippen LogP contribution in [-0.2, 0) is 4.79 Å². The van der Waals surface area contributed by atoms with Crippen LogP contribution in [0.3, 0.4) is 0 Å². The van der Waals surface area contributed by atoms with Crippen LogP contribution in [0.2, 0.25) is 0 Å². The average molecular weight is 266 g/mol. The summed E-state index contributed by atoms with van der Waals surface area (Å²) in [5.41, 5.74) is 0. The Morgan fingerprint density at radius 3 is 2.73 bits per heavy atom. The molecule has 9 heteroatoms. The molecule has 84 valence electrons. The Labute approximate surface area is 93.5 Å². The lowest BCUT2D eigenvalue weighted by molar-refractivity contribution is -0.139. The fraction of sp³-hybridized carbons (Fsp3) is 0.667. The van der Waals surface area contributed by atoms with Gasteiger partial charge in [0.25, 0.3) is 0 Å². The van der Waals surface area contributed by atoms with Crippen molar-refractivity contribution in [2.75, 3.05) is 6.54 Å². The first-order chi connectivity index (χ1) is 7.15. The van der Waals surface area contributed by atoms with Crippen LogP contribution in [-0.4, -0.2) is 34.1 Å². The van der Waals surface area contributed by atoms with E-state index >= 15 is 0 Å². The number of nitrogens with one attached hydrogen (secondary N) is 3. The summed E-state index contributed by atoms with van der Waals surface area (Å²) in [5.74, 6) is -0.424. The molecule has 2 atom stereocenters. The van der Waals surface area contributed by atoms with E-state index in [0.29, 0.717) is 18.9 Å². The lowest BCUT2D eigenvalue weighted by Gasteiger charge is -2.11. The lowest BCUT2D eigenvalue weighted by Crippen LogP contribution is -2.33. The minimum atomic E-state index is -0.844. The fourth-order valence-corrected chi connectivity index (χ4v) is 2.30. The van der Waals surface area contributed by atoms with E-state index in [1.165, 1.54) is 0 Å². The molecule has 0 spiro atoms. The largest absolute Gasteiger partial charge is 0.480 e. The van der Waals surface area contributed by atoms with E-state index < -0.39 is 12.0 Å². The number of aliphatic carboxylic acids is 1. The molecule has 0 amide bonds. The van der Waals surface area contributed by atoms with E-state index in [4.69, 9.17) is 10.5 Å². The third kappa shape index (κ3) is 4.85. The van der Waals surface area contributed by atoms with Gasteiger partial charge in [-0.25, -0.2) is 4.44 Å². The van der Waals surface area contributed by atoms with Crippen LogP contribution in [0.15, 0.2) is 0 Å². The van der Waals surface area contributed by atoms with Gasteiger partial charge in [0.15, 0.2) is 0 Å². The Hall–Kier alpha value is -0.270. The second kappa shape index (κ2) is 6.34. The molecule has 0 aromatic rings. The maximum absolute atomic E-state index is 10.6. The van der Waals surface area contributed by atoms with Crippen molar-refractivity contribution in [1.29, 1.82) is 5.41 Å². The maximum atomic E-state index is 10.6. The van der Waals surface area contributed by atoms with Crippen molar-refractivity contribution in [3.05, 3.63) is 0 Å². The number of hydrogen-bond donors (Lipinski definition) is 4. The molecule has 0 saturated carbocycles. The summed E-state index contributed by atoms with van der Waals surface area (Å²) >= 11 is 0. The average Bonchev–Trinajstić information content (AvgIpc) is 3.00. The molecule has 1 aliphatic rings. The summed E-state index contributed by atoms with van der Waals surface area (Å²) in [4.78, 5) is 10.6. The SMILES string of the molecule is N=C(NCCCC(NP)C(=O)O)N1P=P1. The fourth-order valence-electron chi connectivity index (χ4n) is 0.971. The summed E-state index contributed by atoms with van der Waals surface area (Å²) in [5, 5.41) is 21.8. The van der Waals surface area contributed by atoms with Gasteiger partial charge >= 0.3 is 5.97 Å². The van der Waals surface area contributed by atoms with Crippen LogP contribution in [0.5, 0.6) is 0 Å². The molecule has 0 aromatic heterocycles. The summed E-state index contributed by atoms with van der Waals surface area (Å²) < 4.78 is 1.85. The Kier molecular flexibility index (Phi) is 5.41. The van der Waals surface area contributed by atoms with E-state index in [1.54, 1.807) is 0 Å². The topological polar surface area (TPSA) is 88.2 Å². The Morgan fingerprint density at radius 1 is 1.60 bits per heavy atom. The van der Waals surface area contributed by atoms with Crippen molar-refractivity contribution < 1.29 is 9.90 Å². The van der Waals surface area contributed by atoms with Crippen molar-refractivity contribution in [2.24, 2.45) is 0 Å². The van der Waals surface area contributed by atoms with Crippen molar-refractivity contribution in [2.45, 2.75) is 18.9 Å². The van der Waals surface area contributed by atoms with Gasteiger partial charge in [-0.15, -0.1) is 0 Å². The minimum absolute atomic E-state index is 0.420. The van der Waals surface area contributed by atoms with Gasteiger partial charge in [-0.3, -0.25) is 15.3 Å². The zero-order valence-electron chi connectivity index (χ0n) is 7.97. The zero-order chi connectivity index (χ0) is 11.3. The molecular formula is C6H13N4O2P3. The maximum Gasteiger partial charge on any atom is 0.320 e. The second-order valence-electron chi connectivity index (χ2n) is 2.94. The van der Waals surface area contributed by atoms with E-state index in [-0.39, 0.29) is 0 Å². The van der Waals surface area contributed by atoms with Gasteiger partial charge in [0, 0.05) is 6.54 Å². The van der Waals surface area contributed by atoms with Gasteiger partial charge in [-0.2, -0.15) is 0 Å². The van der Waals surface area contributed by atoms with E-state index in [1.807, 2.05) is 4.44 Å². The standard InChI is InChI=1S/C6H13N4O2P3/c7-6(10-14-15-10)8-3-1-2-4(9-13)5(11)12/h4,9H,1-3,13H2,(H2,7,8)(H,11,12). The molecular weight excluding hydrogens is 253 g/mol. The van der Waals surface area contributed by atoms with Crippen molar-refractivity contribution in [3.63, 3.8) is 0 Å². The van der Waals surface area contributed by atoms with Gasteiger partial charge < -0.3 is 10.4 Å². The minimum Gasteiger partial charge on any atom is -0.480 e. The third-order valence-electron chi connectivity index (χ3n) is 1.84. The lowest BCUT2D eigenvalue weighted by atomic mass is 10.2. The number of nitrogens with zero attached hydrogens (tertiary/aromatic N) is 1. The molecule has 0 aliphatic carbocycles. The highest BCUT2D eigenvalue weighted by Gasteiger charge is 2.16. The molecule has 2 unspecified atom stereocenters. The van der Waals surface area contributed by atoms with Gasteiger partial charge in [0.05, 0.1) is 16.0 Å². The second-order valence-corrected chi connectivity index (χ2v) is 5.82. The monoisotopic (exact) mass is 266 g/mol. The van der Waals surface area contributed by atoms with Crippen LogP contribution < -0.4 is 10.4 Å². The van der Waals surface area contributed by atoms with Gasteiger partial charge in [-0.05, 0) is 12.8 Å². The number of hydrogen-bond acceptors (Lipinski definition) is 3. The predicted octanol–water partition coefficient (Wildman–Crippen LogP) is 1.08. The normalized spacial score (nSPS) is 17.0. The number of rotatable bonds is 6. The van der Waals surface area contributed by atoms with E-state index in [9.17, 15) is 4.79 Å². The number of guanidine groups is 1. The number of carbonyl (C=O) groups is 1. The molecule has 0 saturated heterocycles. The van der Waals surface area contributed by atoms with Crippen molar-refractivity contribution in [1.82, 2.24) is 14.8 Å². The third-order valence-corrected chi connectivity index (χ3v) is 4.07. The first-order valence-corrected chi connectivity index (χ1v) is 7.36.